The van der Waals surface area contributed by atoms with Crippen molar-refractivity contribution in [2.24, 2.45) is 9.98 Å². The third-order valence-corrected chi connectivity index (χ3v) is 3.74. The van der Waals surface area contributed by atoms with E-state index in [4.69, 9.17) is 24.5 Å². The third kappa shape index (κ3) is 12.6. The van der Waals surface area contributed by atoms with Crippen molar-refractivity contribution in [1.29, 1.82) is 0 Å². The van der Waals surface area contributed by atoms with Crippen molar-refractivity contribution >= 4 is 35.7 Å². The number of hydrogen-bond acceptors (Lipinski definition) is 9. The van der Waals surface area contributed by atoms with Crippen molar-refractivity contribution in [2.45, 2.75) is 13.8 Å². The Kier molecular flexibility index (Phi) is 14.5. The Balaban J connectivity index is 0.00000112. The van der Waals surface area contributed by atoms with Crippen molar-refractivity contribution in [3.63, 3.8) is 0 Å². The Labute approximate surface area is 213 Å². The molecule has 0 unspecified atom stereocenters. The van der Waals surface area contributed by atoms with Gasteiger partial charge in [-0.3, -0.25) is 9.98 Å². The zero-order valence-electron chi connectivity index (χ0n) is 19.2. The van der Waals surface area contributed by atoms with E-state index in [9.17, 15) is 10.2 Å². The van der Waals surface area contributed by atoms with Crippen LogP contribution in [0.3, 0.4) is 0 Å². The van der Waals surface area contributed by atoms with E-state index in [1.54, 1.807) is 74.1 Å². The van der Waals surface area contributed by atoms with E-state index in [0.29, 0.717) is 28.3 Å². The molecule has 9 nitrogen and oxygen atoms in total. The molecule has 0 saturated carbocycles. The number of hydrogen-bond donors (Lipinski definition) is 2. The second-order valence-corrected chi connectivity index (χ2v) is 6.47. The molecule has 0 aliphatic heterocycles. The van der Waals surface area contributed by atoms with Crippen LogP contribution < -0.4 is 14.9 Å². The van der Waals surface area contributed by atoms with Gasteiger partial charge in [-0.15, -0.1) is 0 Å². The van der Waals surface area contributed by atoms with Gasteiger partial charge in [0.2, 0.25) is 0 Å². The maximum atomic E-state index is 9.87. The standard InChI is InChI=1S/C21H18N2O3.2C2H4O2.Co/c1-26-17-10-11-18(22-13-15-6-2-4-8-20(15)24)19(12-17)23-14-16-7-3-5-9-21(16)25;2*1-2(3)4;/h2-14,24-25H,1H3;2*1H3,(H,3,4);/q;;;+2/p-2. The molecule has 185 valence electrons. The average Bonchev–Trinajstić information content (AvgIpc) is 2.77. The maximum Gasteiger partial charge on any atom is 2.00 e. The van der Waals surface area contributed by atoms with Crippen molar-refractivity contribution in [1.82, 2.24) is 0 Å². The molecule has 10 heteroatoms. The van der Waals surface area contributed by atoms with Crippen molar-refractivity contribution in [2.75, 3.05) is 7.11 Å². The molecule has 0 aliphatic carbocycles. The molecule has 0 fully saturated rings. The molecular weight excluding hydrogens is 499 g/mol. The normalized spacial score (nSPS) is 9.80. The molecule has 1 radical (unpaired) electrons. The van der Waals surface area contributed by atoms with Crippen LogP contribution in [0.1, 0.15) is 25.0 Å². The summed E-state index contributed by atoms with van der Waals surface area (Å²) >= 11 is 0. The number of rotatable bonds is 5. The second-order valence-electron chi connectivity index (χ2n) is 6.47. The van der Waals surface area contributed by atoms with E-state index in [1.165, 1.54) is 0 Å². The van der Waals surface area contributed by atoms with E-state index < -0.39 is 11.9 Å². The molecule has 3 aromatic carbocycles. The number of benzene rings is 3. The van der Waals surface area contributed by atoms with E-state index in [1.807, 2.05) is 12.1 Å². The molecule has 35 heavy (non-hydrogen) atoms. The first-order valence-electron chi connectivity index (χ1n) is 9.81. The quantitative estimate of drug-likeness (QED) is 0.486. The van der Waals surface area contributed by atoms with Crippen LogP contribution in [0.25, 0.3) is 0 Å². The molecular formula is C25H24CoN2O7. The molecule has 0 bridgehead atoms. The molecule has 0 saturated heterocycles. The number of nitrogens with zero attached hydrogens (tertiary/aromatic N) is 2. The summed E-state index contributed by atoms with van der Waals surface area (Å²) in [7, 11) is 1.58. The van der Waals surface area contributed by atoms with Crippen molar-refractivity contribution in [3.8, 4) is 17.2 Å². The first kappa shape index (κ1) is 30.8. The number of carbonyl (C=O) groups excluding carboxylic acids is 2. The van der Waals surface area contributed by atoms with E-state index in [2.05, 4.69) is 9.98 Å². The minimum Gasteiger partial charge on any atom is -0.550 e. The average molecular weight is 523 g/mol. The molecule has 0 aliphatic rings. The fourth-order valence-corrected chi connectivity index (χ4v) is 2.31. The first-order valence-corrected chi connectivity index (χ1v) is 9.81. The number of carboxylic acids is 2. The predicted octanol–water partition coefficient (Wildman–Crippen LogP) is 2.12. The molecule has 0 aromatic heterocycles. The zero-order valence-corrected chi connectivity index (χ0v) is 20.2. The van der Waals surface area contributed by atoms with Crippen molar-refractivity contribution < 1.29 is 51.5 Å². The predicted molar refractivity (Wildman–Crippen MR) is 125 cm³/mol. The largest absolute Gasteiger partial charge is 2.00 e. The van der Waals surface area contributed by atoms with Crippen LogP contribution in [0.5, 0.6) is 17.2 Å². The van der Waals surface area contributed by atoms with Crippen LogP contribution in [0.4, 0.5) is 11.4 Å². The number of phenols is 2. The number of para-hydroxylation sites is 2. The summed E-state index contributed by atoms with van der Waals surface area (Å²) in [6.45, 7) is 1.94. The Morgan fingerprint density at radius 2 is 1.17 bits per heavy atom. The smallest absolute Gasteiger partial charge is 0.550 e. The van der Waals surface area contributed by atoms with Crippen LogP contribution in [-0.2, 0) is 26.4 Å². The van der Waals surface area contributed by atoms with Gasteiger partial charge in [0, 0.05) is 41.6 Å². The Bertz CT molecular complexity index is 1140. The fraction of sp³-hybridized carbons (Fsp3) is 0.120. The SMILES string of the molecule is CC(=O)[O-].CC(=O)[O-].COc1ccc(N=Cc2ccccc2O)c(N=Cc2ccccc2O)c1.[Co+2]. The number of aliphatic carboxylic acids is 2. The van der Waals surface area contributed by atoms with Crippen LogP contribution in [0, 0.1) is 0 Å². The van der Waals surface area contributed by atoms with Crippen LogP contribution in [-0.4, -0.2) is 41.7 Å². The van der Waals surface area contributed by atoms with Crippen molar-refractivity contribution in [3.05, 3.63) is 77.9 Å². The molecule has 0 heterocycles. The van der Waals surface area contributed by atoms with Gasteiger partial charge in [-0.1, -0.05) is 24.3 Å². The molecule has 0 spiro atoms. The van der Waals surface area contributed by atoms with Gasteiger partial charge in [-0.05, 0) is 50.2 Å². The van der Waals surface area contributed by atoms with Gasteiger partial charge >= 0.3 is 16.8 Å². The monoisotopic (exact) mass is 523 g/mol. The number of aromatic hydroxyl groups is 2. The van der Waals surface area contributed by atoms with Crippen LogP contribution >= 0.6 is 0 Å². The number of ether oxygens (including phenoxy) is 1. The second kappa shape index (κ2) is 16.5. The van der Waals surface area contributed by atoms with Gasteiger partial charge < -0.3 is 34.8 Å². The molecule has 0 amide bonds. The number of aliphatic imine (C=N–C) groups is 2. The fourth-order valence-electron chi connectivity index (χ4n) is 2.31. The number of methoxy groups -OCH3 is 1. The van der Waals surface area contributed by atoms with Gasteiger partial charge in [0.25, 0.3) is 0 Å². The van der Waals surface area contributed by atoms with Gasteiger partial charge in [-0.25, -0.2) is 0 Å². The summed E-state index contributed by atoms with van der Waals surface area (Å²) in [5.74, 6) is -1.21. The zero-order chi connectivity index (χ0) is 25.5. The first-order chi connectivity index (χ1) is 16.1. The van der Waals surface area contributed by atoms with Gasteiger partial charge in [0.15, 0.2) is 0 Å². The Morgan fingerprint density at radius 3 is 1.57 bits per heavy atom. The summed E-state index contributed by atoms with van der Waals surface area (Å²) in [4.78, 5) is 26.6. The molecule has 3 rings (SSSR count). The van der Waals surface area contributed by atoms with E-state index in [-0.39, 0.29) is 28.3 Å². The van der Waals surface area contributed by atoms with Gasteiger partial charge in [0.1, 0.15) is 17.2 Å². The Hall–Kier alpha value is -4.15. The summed E-state index contributed by atoms with van der Waals surface area (Å²) < 4.78 is 5.25. The van der Waals surface area contributed by atoms with Gasteiger partial charge in [0.05, 0.1) is 18.5 Å². The molecule has 2 N–H and O–H groups in total. The summed E-state index contributed by atoms with van der Waals surface area (Å²) in [5, 5.41) is 37.5. The van der Waals surface area contributed by atoms with Crippen LogP contribution in [0.2, 0.25) is 0 Å². The number of phenolic OH excluding ortho intramolecular Hbond substituents is 2. The van der Waals surface area contributed by atoms with Gasteiger partial charge in [-0.2, -0.15) is 0 Å². The summed E-state index contributed by atoms with van der Waals surface area (Å²) in [5.41, 5.74) is 2.41. The third-order valence-electron chi connectivity index (χ3n) is 3.74. The van der Waals surface area contributed by atoms with E-state index >= 15 is 0 Å². The topological polar surface area (TPSA) is 155 Å². The molecule has 3 aromatic rings. The maximum absolute atomic E-state index is 9.87. The van der Waals surface area contributed by atoms with E-state index in [0.717, 1.165) is 13.8 Å². The molecule has 0 atom stereocenters. The summed E-state index contributed by atoms with van der Waals surface area (Å²) in [6, 6.07) is 19.2. The number of carbonyl (C=O) groups is 2. The van der Waals surface area contributed by atoms with Crippen LogP contribution in [0.15, 0.2) is 76.7 Å². The number of carboxylic acid groups (broad SMARTS) is 2. The minimum atomic E-state index is -1.08. The summed E-state index contributed by atoms with van der Waals surface area (Å²) in [6.07, 6.45) is 3.15. The Morgan fingerprint density at radius 1 is 0.771 bits per heavy atom. The minimum absolute atomic E-state index is 0.